The fourth-order valence-corrected chi connectivity index (χ4v) is 2.00. The van der Waals surface area contributed by atoms with Gasteiger partial charge in [0.25, 0.3) is 0 Å². The first-order chi connectivity index (χ1) is 7.29. The van der Waals surface area contributed by atoms with Crippen molar-refractivity contribution in [1.29, 1.82) is 0 Å². The third-order valence-corrected chi connectivity index (χ3v) is 3.05. The number of aromatic nitrogens is 1. The molecule has 1 aromatic heterocycles. The fourth-order valence-electron chi connectivity index (χ4n) is 2.00. The maximum Gasteiger partial charge on any atom is 0.0529 e. The molecular formula is C13H20N2. The number of anilines is 1. The van der Waals surface area contributed by atoms with E-state index in [0.717, 1.165) is 11.6 Å². The highest BCUT2D eigenvalue weighted by Gasteiger charge is 2.30. The van der Waals surface area contributed by atoms with Crippen molar-refractivity contribution in [3.63, 3.8) is 0 Å². The van der Waals surface area contributed by atoms with E-state index in [0.29, 0.717) is 6.04 Å². The Bertz CT molecular complexity index is 301. The van der Waals surface area contributed by atoms with E-state index in [1.165, 1.54) is 31.4 Å². The summed E-state index contributed by atoms with van der Waals surface area (Å²) in [4.78, 5) is 4.31. The SMILES string of the molecule is CCCC(Nc1ccc(C)nc1)C1CC1. The van der Waals surface area contributed by atoms with Crippen LogP contribution in [0.1, 0.15) is 38.3 Å². The minimum Gasteiger partial charge on any atom is -0.381 e. The lowest BCUT2D eigenvalue weighted by Gasteiger charge is -2.18. The molecule has 0 spiro atoms. The Balaban J connectivity index is 1.95. The van der Waals surface area contributed by atoms with Crippen molar-refractivity contribution in [3.05, 3.63) is 24.0 Å². The van der Waals surface area contributed by atoms with Crippen molar-refractivity contribution in [2.45, 2.75) is 45.6 Å². The van der Waals surface area contributed by atoms with Crippen LogP contribution in [0.25, 0.3) is 0 Å². The molecule has 2 heteroatoms. The molecule has 1 aliphatic carbocycles. The molecule has 1 heterocycles. The van der Waals surface area contributed by atoms with Gasteiger partial charge in [-0.3, -0.25) is 4.98 Å². The van der Waals surface area contributed by atoms with Crippen LogP contribution in [0.3, 0.4) is 0 Å². The molecular weight excluding hydrogens is 184 g/mol. The van der Waals surface area contributed by atoms with Crippen LogP contribution < -0.4 is 5.32 Å². The molecule has 0 saturated heterocycles. The highest BCUT2D eigenvalue weighted by atomic mass is 14.9. The minimum absolute atomic E-state index is 0.666. The molecule has 0 amide bonds. The number of aryl methyl sites for hydroxylation is 1. The van der Waals surface area contributed by atoms with Crippen LogP contribution in [0.2, 0.25) is 0 Å². The molecule has 2 rings (SSSR count). The van der Waals surface area contributed by atoms with Crippen LogP contribution in [0.4, 0.5) is 5.69 Å². The summed E-state index contributed by atoms with van der Waals surface area (Å²) in [5.74, 6) is 0.909. The predicted octanol–water partition coefficient (Wildman–Crippen LogP) is 3.38. The molecule has 1 atom stereocenters. The Morgan fingerprint density at radius 2 is 2.27 bits per heavy atom. The topological polar surface area (TPSA) is 24.9 Å². The Hall–Kier alpha value is -1.05. The first-order valence-electron chi connectivity index (χ1n) is 5.99. The zero-order chi connectivity index (χ0) is 10.7. The molecule has 82 valence electrons. The molecule has 1 unspecified atom stereocenters. The molecule has 1 aromatic rings. The lowest BCUT2D eigenvalue weighted by atomic mass is 10.1. The maximum absolute atomic E-state index is 4.31. The van der Waals surface area contributed by atoms with E-state index in [2.05, 4.69) is 29.4 Å². The largest absolute Gasteiger partial charge is 0.381 e. The molecule has 0 aliphatic heterocycles. The van der Waals surface area contributed by atoms with Gasteiger partial charge in [0.15, 0.2) is 0 Å². The first kappa shape index (κ1) is 10.5. The monoisotopic (exact) mass is 204 g/mol. The quantitative estimate of drug-likeness (QED) is 0.795. The smallest absolute Gasteiger partial charge is 0.0529 e. The molecule has 15 heavy (non-hydrogen) atoms. The van der Waals surface area contributed by atoms with Crippen LogP contribution in [0.5, 0.6) is 0 Å². The van der Waals surface area contributed by atoms with Gasteiger partial charge in [-0.05, 0) is 44.2 Å². The lowest BCUT2D eigenvalue weighted by molar-refractivity contribution is 0.577. The standard InChI is InChI=1S/C13H20N2/c1-3-4-13(11-6-7-11)15-12-8-5-10(2)14-9-12/h5,8-9,11,13,15H,3-4,6-7H2,1-2H3. The molecule has 0 aromatic carbocycles. The van der Waals surface area contributed by atoms with E-state index < -0.39 is 0 Å². The summed E-state index contributed by atoms with van der Waals surface area (Å²) in [5, 5.41) is 3.61. The highest BCUT2D eigenvalue weighted by Crippen LogP contribution is 2.36. The number of hydrogen-bond donors (Lipinski definition) is 1. The minimum atomic E-state index is 0.666. The normalized spacial score (nSPS) is 17.5. The summed E-state index contributed by atoms with van der Waals surface area (Å²) in [5.41, 5.74) is 2.25. The molecule has 0 radical (unpaired) electrons. The third-order valence-electron chi connectivity index (χ3n) is 3.05. The van der Waals surface area contributed by atoms with Crippen LogP contribution in [0.15, 0.2) is 18.3 Å². The summed E-state index contributed by atoms with van der Waals surface area (Å²) in [7, 11) is 0. The summed E-state index contributed by atoms with van der Waals surface area (Å²) < 4.78 is 0. The van der Waals surface area contributed by atoms with Gasteiger partial charge in [0, 0.05) is 11.7 Å². The van der Waals surface area contributed by atoms with E-state index >= 15 is 0 Å². The van der Waals surface area contributed by atoms with Crippen molar-refractivity contribution in [3.8, 4) is 0 Å². The van der Waals surface area contributed by atoms with Gasteiger partial charge < -0.3 is 5.32 Å². The summed E-state index contributed by atoms with van der Waals surface area (Å²) in [6.07, 6.45) is 7.28. The summed E-state index contributed by atoms with van der Waals surface area (Å²) in [6.45, 7) is 4.28. The predicted molar refractivity (Wildman–Crippen MR) is 64.0 cm³/mol. The number of nitrogens with one attached hydrogen (secondary N) is 1. The molecule has 1 aliphatic rings. The second-order valence-electron chi connectivity index (χ2n) is 4.57. The van der Waals surface area contributed by atoms with Gasteiger partial charge in [-0.15, -0.1) is 0 Å². The number of hydrogen-bond acceptors (Lipinski definition) is 2. The molecule has 2 nitrogen and oxygen atoms in total. The van der Waals surface area contributed by atoms with E-state index in [4.69, 9.17) is 0 Å². The fraction of sp³-hybridized carbons (Fsp3) is 0.615. The maximum atomic E-state index is 4.31. The van der Waals surface area contributed by atoms with Crippen molar-refractivity contribution >= 4 is 5.69 Å². The second kappa shape index (κ2) is 4.65. The van der Waals surface area contributed by atoms with Crippen molar-refractivity contribution < 1.29 is 0 Å². The molecule has 1 N–H and O–H groups in total. The van der Waals surface area contributed by atoms with E-state index in [-0.39, 0.29) is 0 Å². The van der Waals surface area contributed by atoms with Gasteiger partial charge in [0.1, 0.15) is 0 Å². The average Bonchev–Trinajstić information content (AvgIpc) is 3.04. The Morgan fingerprint density at radius 1 is 1.47 bits per heavy atom. The summed E-state index contributed by atoms with van der Waals surface area (Å²) >= 11 is 0. The summed E-state index contributed by atoms with van der Waals surface area (Å²) in [6, 6.07) is 4.87. The zero-order valence-electron chi connectivity index (χ0n) is 9.66. The van der Waals surface area contributed by atoms with Crippen LogP contribution in [0, 0.1) is 12.8 Å². The van der Waals surface area contributed by atoms with Crippen LogP contribution in [-0.2, 0) is 0 Å². The van der Waals surface area contributed by atoms with E-state index in [1.54, 1.807) is 0 Å². The van der Waals surface area contributed by atoms with Gasteiger partial charge in [-0.2, -0.15) is 0 Å². The van der Waals surface area contributed by atoms with Gasteiger partial charge in [0.2, 0.25) is 0 Å². The van der Waals surface area contributed by atoms with Crippen molar-refractivity contribution in [2.24, 2.45) is 5.92 Å². The second-order valence-corrected chi connectivity index (χ2v) is 4.57. The molecule has 1 saturated carbocycles. The van der Waals surface area contributed by atoms with Crippen LogP contribution >= 0.6 is 0 Å². The Labute approximate surface area is 92.1 Å². The highest BCUT2D eigenvalue weighted by molar-refractivity contribution is 5.42. The zero-order valence-corrected chi connectivity index (χ0v) is 9.66. The lowest BCUT2D eigenvalue weighted by Crippen LogP contribution is -2.21. The van der Waals surface area contributed by atoms with Gasteiger partial charge in [-0.1, -0.05) is 13.3 Å². The van der Waals surface area contributed by atoms with Crippen molar-refractivity contribution in [2.75, 3.05) is 5.32 Å². The third kappa shape index (κ3) is 2.95. The number of nitrogens with zero attached hydrogens (tertiary/aromatic N) is 1. The number of rotatable bonds is 5. The van der Waals surface area contributed by atoms with Gasteiger partial charge in [-0.25, -0.2) is 0 Å². The molecule has 0 bridgehead atoms. The Kier molecular flexibility index (Phi) is 3.24. The molecule has 1 fully saturated rings. The number of pyridine rings is 1. The van der Waals surface area contributed by atoms with E-state index in [1.807, 2.05) is 13.1 Å². The van der Waals surface area contributed by atoms with Gasteiger partial charge >= 0.3 is 0 Å². The first-order valence-corrected chi connectivity index (χ1v) is 5.99. The van der Waals surface area contributed by atoms with Crippen molar-refractivity contribution in [1.82, 2.24) is 4.98 Å². The van der Waals surface area contributed by atoms with Crippen LogP contribution in [-0.4, -0.2) is 11.0 Å². The van der Waals surface area contributed by atoms with Gasteiger partial charge in [0.05, 0.1) is 11.9 Å². The van der Waals surface area contributed by atoms with E-state index in [9.17, 15) is 0 Å². The Morgan fingerprint density at radius 3 is 2.80 bits per heavy atom. The average molecular weight is 204 g/mol.